The number of aliphatic imine (C=N–C) groups is 1. The van der Waals surface area contributed by atoms with E-state index in [-0.39, 0.29) is 36.0 Å². The average Bonchev–Trinajstić information content (AvgIpc) is 2.80. The molecule has 2 aromatic rings. The summed E-state index contributed by atoms with van der Waals surface area (Å²) in [7, 11) is 1.81. The highest BCUT2D eigenvalue weighted by Gasteiger charge is 2.25. The largest absolute Gasteiger partial charge is 0.370 e. The molecule has 1 amide bonds. The highest BCUT2D eigenvalue weighted by atomic mass is 127. The Balaban J connectivity index is 0.00000363. The fourth-order valence-corrected chi connectivity index (χ4v) is 3.75. The quantitative estimate of drug-likeness (QED) is 0.234. The molecule has 0 spiro atoms. The van der Waals surface area contributed by atoms with E-state index in [0.29, 0.717) is 18.7 Å². The molecular weight excluding hydrogens is 515 g/mol. The van der Waals surface area contributed by atoms with Crippen molar-refractivity contribution < 1.29 is 9.53 Å². The van der Waals surface area contributed by atoms with Gasteiger partial charge < -0.3 is 20.3 Å². The first-order chi connectivity index (χ1) is 15.1. The van der Waals surface area contributed by atoms with E-state index in [2.05, 4.69) is 58.6 Å². The van der Waals surface area contributed by atoms with Gasteiger partial charge in [-0.3, -0.25) is 9.79 Å². The average molecular weight is 550 g/mol. The number of carbonyl (C=O) groups is 1. The second-order valence-corrected chi connectivity index (χ2v) is 7.87. The van der Waals surface area contributed by atoms with Crippen LogP contribution < -0.4 is 10.6 Å². The third-order valence-electron chi connectivity index (χ3n) is 5.60. The van der Waals surface area contributed by atoms with Crippen LogP contribution in [0.25, 0.3) is 0 Å². The molecule has 1 saturated heterocycles. The first kappa shape index (κ1) is 26.1. The van der Waals surface area contributed by atoms with Crippen LogP contribution in [0.5, 0.6) is 0 Å². The molecule has 174 valence electrons. The molecule has 1 fully saturated rings. The number of hydrogen-bond acceptors (Lipinski definition) is 3. The number of nitrogens with zero attached hydrogens (tertiary/aromatic N) is 2. The molecular formula is C25H35IN4O2. The van der Waals surface area contributed by atoms with Crippen LogP contribution in [0.15, 0.2) is 53.5 Å². The fourth-order valence-electron chi connectivity index (χ4n) is 3.75. The monoisotopic (exact) mass is 550 g/mol. The topological polar surface area (TPSA) is 66.0 Å². The van der Waals surface area contributed by atoms with E-state index in [4.69, 9.17) is 4.74 Å². The van der Waals surface area contributed by atoms with Crippen LogP contribution in [0, 0.1) is 6.92 Å². The molecule has 0 radical (unpaired) electrons. The van der Waals surface area contributed by atoms with Gasteiger partial charge in [-0.15, -0.1) is 24.0 Å². The maximum atomic E-state index is 12.2. The second-order valence-electron chi connectivity index (χ2n) is 7.87. The van der Waals surface area contributed by atoms with Gasteiger partial charge >= 0.3 is 0 Å². The fraction of sp³-hybridized carbons (Fsp3) is 0.440. The Labute approximate surface area is 208 Å². The third kappa shape index (κ3) is 7.20. The molecule has 0 aliphatic carbocycles. The minimum Gasteiger partial charge on any atom is -0.370 e. The van der Waals surface area contributed by atoms with E-state index in [0.717, 1.165) is 44.0 Å². The van der Waals surface area contributed by atoms with E-state index in [9.17, 15) is 4.79 Å². The number of halogens is 1. The van der Waals surface area contributed by atoms with Crippen LogP contribution in [0.4, 0.5) is 0 Å². The van der Waals surface area contributed by atoms with Crippen molar-refractivity contribution in [3.63, 3.8) is 0 Å². The minimum absolute atomic E-state index is 0. The van der Waals surface area contributed by atoms with Crippen LogP contribution >= 0.6 is 24.0 Å². The Bertz CT molecular complexity index is 886. The summed E-state index contributed by atoms with van der Waals surface area (Å²) in [5, 5.41) is 6.40. The number of hydrogen-bond donors (Lipinski definition) is 2. The van der Waals surface area contributed by atoms with Crippen molar-refractivity contribution in [2.45, 2.75) is 39.3 Å². The molecule has 1 aliphatic heterocycles. The number of nitrogens with one attached hydrogen (secondary N) is 2. The van der Waals surface area contributed by atoms with E-state index >= 15 is 0 Å². The molecule has 0 aromatic heterocycles. The molecule has 6 nitrogen and oxygen atoms in total. The number of guanidine groups is 1. The van der Waals surface area contributed by atoms with Crippen molar-refractivity contribution in [3.8, 4) is 0 Å². The number of aryl methyl sites for hydroxylation is 1. The molecule has 3 rings (SSSR count). The van der Waals surface area contributed by atoms with Crippen LogP contribution in [0.1, 0.15) is 52.9 Å². The molecule has 0 bridgehead atoms. The van der Waals surface area contributed by atoms with Gasteiger partial charge in [0.05, 0.1) is 13.2 Å². The lowest BCUT2D eigenvalue weighted by atomic mass is 10.0. The summed E-state index contributed by atoms with van der Waals surface area (Å²) in [5.41, 5.74) is 4.28. The van der Waals surface area contributed by atoms with Gasteiger partial charge in [0, 0.05) is 32.2 Å². The number of morpholine rings is 1. The number of rotatable bonds is 7. The van der Waals surface area contributed by atoms with Crippen LogP contribution in [0.3, 0.4) is 0 Å². The molecule has 1 aliphatic rings. The SMILES string of the molecule is CCCCNC(=O)c1ccc(CNC(=NC)N2CCOC(c3ccccc3C)C2)cc1.I. The first-order valence-corrected chi connectivity index (χ1v) is 11.1. The van der Waals surface area contributed by atoms with E-state index in [1.54, 1.807) is 0 Å². The van der Waals surface area contributed by atoms with Gasteiger partial charge in [0.1, 0.15) is 6.10 Å². The van der Waals surface area contributed by atoms with Crippen LogP contribution in [-0.2, 0) is 11.3 Å². The summed E-state index contributed by atoms with van der Waals surface area (Å²) in [4.78, 5) is 18.9. The van der Waals surface area contributed by atoms with Crippen molar-refractivity contribution in [2.75, 3.05) is 33.3 Å². The summed E-state index contributed by atoms with van der Waals surface area (Å²) in [6.07, 6.45) is 2.11. The zero-order chi connectivity index (χ0) is 22.1. The van der Waals surface area contributed by atoms with Gasteiger partial charge in [0.15, 0.2) is 5.96 Å². The summed E-state index contributed by atoms with van der Waals surface area (Å²) >= 11 is 0. The maximum absolute atomic E-state index is 12.2. The first-order valence-electron chi connectivity index (χ1n) is 11.1. The lowest BCUT2D eigenvalue weighted by Gasteiger charge is -2.35. The zero-order valence-electron chi connectivity index (χ0n) is 19.3. The Morgan fingerprint density at radius 2 is 1.91 bits per heavy atom. The number of unbranched alkanes of at least 4 members (excludes halogenated alkanes) is 1. The summed E-state index contributed by atoms with van der Waals surface area (Å²) in [6, 6.07) is 16.1. The second kappa shape index (κ2) is 13.4. The standard InChI is InChI=1S/C25H34N4O2.HI/c1-4-5-14-27-24(30)21-12-10-20(11-13-21)17-28-25(26-3)29-15-16-31-23(18-29)22-9-7-6-8-19(22)2;/h6-13,23H,4-5,14-18H2,1-3H3,(H,26,28)(H,27,30);1H. The van der Waals surface area contributed by atoms with Gasteiger partial charge in [-0.25, -0.2) is 0 Å². The van der Waals surface area contributed by atoms with Gasteiger partial charge in [-0.1, -0.05) is 49.7 Å². The Kier molecular flexibility index (Phi) is 11.0. The van der Waals surface area contributed by atoms with Crippen LogP contribution in [0.2, 0.25) is 0 Å². The lowest BCUT2D eigenvalue weighted by Crippen LogP contribution is -2.48. The van der Waals surface area contributed by atoms with Crippen molar-refractivity contribution in [1.82, 2.24) is 15.5 Å². The number of carbonyl (C=O) groups excluding carboxylic acids is 1. The molecule has 1 unspecified atom stereocenters. The van der Waals surface area contributed by atoms with Crippen molar-refractivity contribution in [1.29, 1.82) is 0 Å². The molecule has 7 heteroatoms. The molecule has 32 heavy (non-hydrogen) atoms. The third-order valence-corrected chi connectivity index (χ3v) is 5.60. The number of ether oxygens (including phenoxy) is 1. The van der Waals surface area contributed by atoms with Gasteiger partial charge in [-0.2, -0.15) is 0 Å². The molecule has 1 atom stereocenters. The van der Waals surface area contributed by atoms with Gasteiger partial charge in [-0.05, 0) is 42.2 Å². The number of benzene rings is 2. The molecule has 2 N–H and O–H groups in total. The van der Waals surface area contributed by atoms with E-state index in [1.165, 1.54) is 11.1 Å². The van der Waals surface area contributed by atoms with E-state index < -0.39 is 0 Å². The van der Waals surface area contributed by atoms with Crippen molar-refractivity contribution >= 4 is 35.8 Å². The summed E-state index contributed by atoms with van der Waals surface area (Å²) in [5.74, 6) is 0.850. The smallest absolute Gasteiger partial charge is 0.251 e. The Morgan fingerprint density at radius 1 is 1.16 bits per heavy atom. The van der Waals surface area contributed by atoms with Gasteiger partial charge in [0.25, 0.3) is 5.91 Å². The number of amides is 1. The summed E-state index contributed by atoms with van der Waals surface area (Å²) < 4.78 is 6.04. The normalized spacial score (nSPS) is 16.3. The zero-order valence-corrected chi connectivity index (χ0v) is 21.6. The summed E-state index contributed by atoms with van der Waals surface area (Å²) in [6.45, 7) is 7.84. The van der Waals surface area contributed by atoms with Crippen molar-refractivity contribution in [3.05, 3.63) is 70.8 Å². The Morgan fingerprint density at radius 3 is 2.59 bits per heavy atom. The van der Waals surface area contributed by atoms with Gasteiger partial charge in [0.2, 0.25) is 0 Å². The molecule has 2 aromatic carbocycles. The maximum Gasteiger partial charge on any atom is 0.251 e. The van der Waals surface area contributed by atoms with E-state index in [1.807, 2.05) is 31.3 Å². The Hall–Kier alpha value is -2.13. The lowest BCUT2D eigenvalue weighted by molar-refractivity contribution is -0.00833. The predicted octanol–water partition coefficient (Wildman–Crippen LogP) is 4.29. The molecule has 0 saturated carbocycles. The highest BCUT2D eigenvalue weighted by molar-refractivity contribution is 14.0. The minimum atomic E-state index is -0.0145. The van der Waals surface area contributed by atoms with Crippen LogP contribution in [-0.4, -0.2) is 50.1 Å². The predicted molar refractivity (Wildman–Crippen MR) is 141 cm³/mol. The molecule has 1 heterocycles. The van der Waals surface area contributed by atoms with Crippen molar-refractivity contribution in [2.24, 2.45) is 4.99 Å². The highest BCUT2D eigenvalue weighted by Crippen LogP contribution is 2.25.